The van der Waals surface area contributed by atoms with Gasteiger partial charge in [-0.3, -0.25) is 0 Å². The number of rotatable bonds is 7. The largest absolute Gasteiger partial charge is 0.508 e. The van der Waals surface area contributed by atoms with Crippen LogP contribution in [0.5, 0.6) is 5.75 Å². The van der Waals surface area contributed by atoms with E-state index in [9.17, 15) is 5.11 Å². The van der Waals surface area contributed by atoms with Crippen LogP contribution in [0.1, 0.15) is 55.7 Å². The number of unbranched alkanes of at least 4 members (excludes halogenated alkanes) is 3. The molecule has 0 aromatic heterocycles. The zero-order valence-electron chi connectivity index (χ0n) is 11.6. The molecule has 1 aliphatic rings. The quantitative estimate of drug-likeness (QED) is 0.663. The number of nitrogens with one attached hydrogen (secondary N) is 1. The van der Waals surface area contributed by atoms with Crippen molar-refractivity contribution in [3.05, 3.63) is 29.3 Å². The maximum absolute atomic E-state index is 9.62. The molecule has 19 heavy (non-hydrogen) atoms. The van der Waals surface area contributed by atoms with Crippen molar-refractivity contribution in [2.45, 2.75) is 51.0 Å². The zero-order valence-corrected chi connectivity index (χ0v) is 11.6. The minimum Gasteiger partial charge on any atom is -0.508 e. The van der Waals surface area contributed by atoms with E-state index in [0.29, 0.717) is 18.4 Å². The minimum absolute atomic E-state index is 0.308. The summed E-state index contributed by atoms with van der Waals surface area (Å²) < 4.78 is 0. The molecule has 0 spiro atoms. The normalized spacial score (nSPS) is 18.3. The monoisotopic (exact) mass is 263 g/mol. The van der Waals surface area contributed by atoms with Crippen LogP contribution < -0.4 is 5.32 Å². The van der Waals surface area contributed by atoms with Gasteiger partial charge in [0.15, 0.2) is 0 Å². The van der Waals surface area contributed by atoms with Gasteiger partial charge in [0.05, 0.1) is 0 Å². The van der Waals surface area contributed by atoms with Crippen molar-refractivity contribution in [3.8, 4) is 5.75 Å². The van der Waals surface area contributed by atoms with Crippen LogP contribution in [-0.4, -0.2) is 23.4 Å². The summed E-state index contributed by atoms with van der Waals surface area (Å²) in [6.07, 6.45) is 7.87. The Morgan fingerprint density at radius 2 is 2.00 bits per heavy atom. The standard InChI is InChI=1S/C16H25NO2/c18-11-4-2-1-3-10-17-16-7-5-6-13-8-9-14(19)12-15(13)16/h8-9,12,16-19H,1-7,10-11H2. The molecule has 1 aromatic rings. The SMILES string of the molecule is OCCCCCCNC1CCCc2ccc(O)cc21. The average Bonchev–Trinajstić information content (AvgIpc) is 2.43. The summed E-state index contributed by atoms with van der Waals surface area (Å²) in [6, 6.07) is 6.15. The number of fused-ring (bicyclic) bond motifs is 1. The lowest BCUT2D eigenvalue weighted by Gasteiger charge is -2.26. The first-order valence-electron chi connectivity index (χ1n) is 7.47. The van der Waals surface area contributed by atoms with Gasteiger partial charge in [0.25, 0.3) is 0 Å². The lowest BCUT2D eigenvalue weighted by atomic mass is 9.87. The number of hydrogen-bond acceptors (Lipinski definition) is 3. The van der Waals surface area contributed by atoms with Crippen LogP contribution in [0.4, 0.5) is 0 Å². The lowest BCUT2D eigenvalue weighted by molar-refractivity contribution is 0.282. The number of aromatic hydroxyl groups is 1. The Hall–Kier alpha value is -1.06. The molecule has 1 aliphatic carbocycles. The van der Waals surface area contributed by atoms with E-state index < -0.39 is 0 Å². The maximum Gasteiger partial charge on any atom is 0.115 e. The Kier molecular flexibility index (Phi) is 5.67. The van der Waals surface area contributed by atoms with Crippen molar-refractivity contribution in [1.82, 2.24) is 5.32 Å². The Labute approximate surface area is 115 Å². The second kappa shape index (κ2) is 7.51. The van der Waals surface area contributed by atoms with E-state index in [1.54, 1.807) is 6.07 Å². The van der Waals surface area contributed by atoms with Gasteiger partial charge in [-0.15, -0.1) is 0 Å². The van der Waals surface area contributed by atoms with Gasteiger partial charge < -0.3 is 15.5 Å². The molecule has 3 heteroatoms. The molecule has 1 unspecified atom stereocenters. The molecule has 3 N–H and O–H groups in total. The second-order valence-corrected chi connectivity index (χ2v) is 5.42. The molecule has 1 atom stereocenters. The van der Waals surface area contributed by atoms with Crippen molar-refractivity contribution in [3.63, 3.8) is 0 Å². The van der Waals surface area contributed by atoms with E-state index in [-0.39, 0.29) is 0 Å². The van der Waals surface area contributed by atoms with Crippen molar-refractivity contribution in [1.29, 1.82) is 0 Å². The molecule has 0 amide bonds. The molecule has 0 fully saturated rings. The second-order valence-electron chi connectivity index (χ2n) is 5.42. The van der Waals surface area contributed by atoms with Gasteiger partial charge >= 0.3 is 0 Å². The molecule has 1 aromatic carbocycles. The van der Waals surface area contributed by atoms with Gasteiger partial charge in [-0.2, -0.15) is 0 Å². The number of phenols is 1. The van der Waals surface area contributed by atoms with E-state index in [1.165, 1.54) is 24.0 Å². The smallest absolute Gasteiger partial charge is 0.115 e. The first-order chi connectivity index (χ1) is 9.31. The Balaban J connectivity index is 1.80. The molecule has 0 aliphatic heterocycles. The van der Waals surface area contributed by atoms with Gasteiger partial charge in [-0.05, 0) is 61.9 Å². The van der Waals surface area contributed by atoms with E-state index in [1.807, 2.05) is 6.07 Å². The summed E-state index contributed by atoms with van der Waals surface area (Å²) in [7, 11) is 0. The van der Waals surface area contributed by atoms with Gasteiger partial charge in [0.2, 0.25) is 0 Å². The first-order valence-corrected chi connectivity index (χ1v) is 7.47. The fourth-order valence-electron chi connectivity index (χ4n) is 2.87. The fourth-order valence-corrected chi connectivity index (χ4v) is 2.87. The molecule has 0 heterocycles. The highest BCUT2D eigenvalue weighted by Gasteiger charge is 2.19. The first kappa shape index (κ1) is 14.4. The third-order valence-electron chi connectivity index (χ3n) is 3.92. The Bertz CT molecular complexity index is 392. The fraction of sp³-hybridized carbons (Fsp3) is 0.625. The summed E-state index contributed by atoms with van der Waals surface area (Å²) in [5, 5.41) is 22.0. The highest BCUT2D eigenvalue weighted by atomic mass is 16.3. The van der Waals surface area contributed by atoms with Crippen LogP contribution in [0.3, 0.4) is 0 Å². The van der Waals surface area contributed by atoms with E-state index >= 15 is 0 Å². The highest BCUT2D eigenvalue weighted by Crippen LogP contribution is 2.32. The van der Waals surface area contributed by atoms with Crippen LogP contribution >= 0.6 is 0 Å². The van der Waals surface area contributed by atoms with Gasteiger partial charge in [-0.1, -0.05) is 18.9 Å². The van der Waals surface area contributed by atoms with Crippen molar-refractivity contribution in [2.75, 3.05) is 13.2 Å². The molecule has 106 valence electrons. The van der Waals surface area contributed by atoms with E-state index in [4.69, 9.17) is 5.11 Å². The number of aliphatic hydroxyl groups excluding tert-OH is 1. The van der Waals surface area contributed by atoms with Crippen LogP contribution in [0.25, 0.3) is 0 Å². The average molecular weight is 263 g/mol. The van der Waals surface area contributed by atoms with Gasteiger partial charge in [0, 0.05) is 12.6 Å². The molecule has 2 rings (SSSR count). The number of phenolic OH excluding ortho intramolecular Hbond substituents is 1. The van der Waals surface area contributed by atoms with Gasteiger partial charge in [-0.25, -0.2) is 0 Å². The number of aryl methyl sites for hydroxylation is 1. The van der Waals surface area contributed by atoms with Crippen LogP contribution in [-0.2, 0) is 6.42 Å². The third-order valence-corrected chi connectivity index (χ3v) is 3.92. The number of benzene rings is 1. The van der Waals surface area contributed by atoms with Crippen molar-refractivity contribution in [2.24, 2.45) is 0 Å². The number of hydrogen-bond donors (Lipinski definition) is 3. The lowest BCUT2D eigenvalue weighted by Crippen LogP contribution is -2.26. The summed E-state index contributed by atoms with van der Waals surface area (Å²) in [4.78, 5) is 0. The summed E-state index contributed by atoms with van der Waals surface area (Å²) in [5.41, 5.74) is 2.66. The van der Waals surface area contributed by atoms with E-state index in [2.05, 4.69) is 11.4 Å². The molecule has 0 radical (unpaired) electrons. The van der Waals surface area contributed by atoms with Crippen LogP contribution in [0.2, 0.25) is 0 Å². The van der Waals surface area contributed by atoms with Crippen LogP contribution in [0, 0.1) is 0 Å². The molecule has 0 saturated heterocycles. The molecule has 0 saturated carbocycles. The summed E-state index contributed by atoms with van der Waals surface area (Å²) in [5.74, 6) is 0.371. The number of aliphatic hydroxyl groups is 1. The van der Waals surface area contributed by atoms with Crippen molar-refractivity contribution < 1.29 is 10.2 Å². The van der Waals surface area contributed by atoms with Gasteiger partial charge in [0.1, 0.15) is 5.75 Å². The highest BCUT2D eigenvalue weighted by molar-refractivity contribution is 5.38. The summed E-state index contributed by atoms with van der Waals surface area (Å²) >= 11 is 0. The maximum atomic E-state index is 9.62. The van der Waals surface area contributed by atoms with Crippen LogP contribution in [0.15, 0.2) is 18.2 Å². The predicted octanol–water partition coefficient (Wildman–Crippen LogP) is 2.91. The molecular formula is C16H25NO2. The topological polar surface area (TPSA) is 52.5 Å². The summed E-state index contributed by atoms with van der Waals surface area (Å²) in [6.45, 7) is 1.33. The Morgan fingerprint density at radius 1 is 1.16 bits per heavy atom. The predicted molar refractivity (Wildman–Crippen MR) is 77.3 cm³/mol. The molecular weight excluding hydrogens is 238 g/mol. The molecule has 0 bridgehead atoms. The third kappa shape index (κ3) is 4.22. The molecule has 3 nitrogen and oxygen atoms in total. The zero-order chi connectivity index (χ0) is 13.5. The van der Waals surface area contributed by atoms with Crippen molar-refractivity contribution >= 4 is 0 Å². The Morgan fingerprint density at radius 3 is 2.84 bits per heavy atom. The minimum atomic E-state index is 0.308. The van der Waals surface area contributed by atoms with E-state index in [0.717, 1.165) is 38.6 Å².